The summed E-state index contributed by atoms with van der Waals surface area (Å²) in [7, 11) is 1.65. The highest BCUT2D eigenvalue weighted by atomic mass is 16.5. The van der Waals surface area contributed by atoms with Crippen molar-refractivity contribution in [2.45, 2.75) is 26.3 Å². The fourth-order valence-electron chi connectivity index (χ4n) is 1.29. The van der Waals surface area contributed by atoms with Crippen molar-refractivity contribution < 1.29 is 4.74 Å². The first-order chi connectivity index (χ1) is 6.74. The van der Waals surface area contributed by atoms with Crippen LogP contribution < -0.4 is 10.1 Å². The largest absolute Gasteiger partial charge is 0.481 e. The van der Waals surface area contributed by atoms with Crippen molar-refractivity contribution >= 4 is 0 Å². The number of hydrogen-bond acceptors (Lipinski definition) is 3. The number of hydrogen-bond donors (Lipinski definition) is 1. The number of ether oxygens (including phenoxy) is 1. The van der Waals surface area contributed by atoms with Crippen molar-refractivity contribution in [3.8, 4) is 5.88 Å². The van der Waals surface area contributed by atoms with Gasteiger partial charge in [-0.1, -0.05) is 19.9 Å². The van der Waals surface area contributed by atoms with Crippen LogP contribution >= 0.6 is 0 Å². The topological polar surface area (TPSA) is 34.1 Å². The molecule has 0 unspecified atom stereocenters. The Bertz CT molecular complexity index is 274. The van der Waals surface area contributed by atoms with E-state index in [0.717, 1.165) is 24.4 Å². The molecular weight excluding hydrogens is 176 g/mol. The van der Waals surface area contributed by atoms with Crippen LogP contribution in [0.15, 0.2) is 18.3 Å². The van der Waals surface area contributed by atoms with Gasteiger partial charge in [-0.15, -0.1) is 0 Å². The van der Waals surface area contributed by atoms with Crippen molar-refractivity contribution in [2.75, 3.05) is 13.7 Å². The molecule has 1 heterocycles. The minimum atomic E-state index is 0.526. The Morgan fingerprint density at radius 1 is 1.50 bits per heavy atom. The zero-order valence-corrected chi connectivity index (χ0v) is 9.08. The summed E-state index contributed by atoms with van der Waals surface area (Å²) in [6, 6.07) is 4.51. The number of rotatable bonds is 5. The minimum Gasteiger partial charge on any atom is -0.481 e. The lowest BCUT2D eigenvalue weighted by atomic mass is 10.2. The molecule has 1 aromatic heterocycles. The standard InChI is InChI=1S/C11H18N2O/c1-9(2)12-8-6-10-5-4-7-13-11(10)14-3/h4-5,7,9,12H,6,8H2,1-3H3. The van der Waals surface area contributed by atoms with E-state index >= 15 is 0 Å². The number of methoxy groups -OCH3 is 1. The van der Waals surface area contributed by atoms with Gasteiger partial charge in [0.05, 0.1) is 7.11 Å². The summed E-state index contributed by atoms with van der Waals surface area (Å²) in [5.41, 5.74) is 1.16. The van der Waals surface area contributed by atoms with Crippen LogP contribution in [0.4, 0.5) is 0 Å². The Balaban J connectivity index is 2.49. The van der Waals surface area contributed by atoms with Gasteiger partial charge in [-0.2, -0.15) is 0 Å². The summed E-state index contributed by atoms with van der Waals surface area (Å²) in [4.78, 5) is 4.14. The summed E-state index contributed by atoms with van der Waals surface area (Å²) in [5, 5.41) is 3.36. The Morgan fingerprint density at radius 3 is 2.93 bits per heavy atom. The van der Waals surface area contributed by atoms with Crippen LogP contribution in [0.3, 0.4) is 0 Å². The van der Waals surface area contributed by atoms with Crippen molar-refractivity contribution in [2.24, 2.45) is 0 Å². The predicted octanol–water partition coefficient (Wildman–Crippen LogP) is 1.63. The van der Waals surface area contributed by atoms with E-state index in [1.165, 1.54) is 0 Å². The highest BCUT2D eigenvalue weighted by Crippen LogP contribution is 2.13. The monoisotopic (exact) mass is 194 g/mol. The Kier molecular flexibility index (Phi) is 4.40. The second-order valence-electron chi connectivity index (χ2n) is 3.53. The summed E-state index contributed by atoms with van der Waals surface area (Å²) in [6.45, 7) is 5.24. The molecule has 78 valence electrons. The fourth-order valence-corrected chi connectivity index (χ4v) is 1.29. The number of aromatic nitrogens is 1. The maximum Gasteiger partial charge on any atom is 0.216 e. The number of nitrogens with one attached hydrogen (secondary N) is 1. The number of pyridine rings is 1. The molecule has 0 saturated heterocycles. The quantitative estimate of drug-likeness (QED) is 0.773. The first kappa shape index (κ1) is 11.0. The van der Waals surface area contributed by atoms with E-state index in [9.17, 15) is 0 Å². The van der Waals surface area contributed by atoms with E-state index in [2.05, 4.69) is 24.1 Å². The van der Waals surface area contributed by atoms with E-state index in [1.54, 1.807) is 13.3 Å². The van der Waals surface area contributed by atoms with Crippen molar-refractivity contribution in [3.05, 3.63) is 23.9 Å². The third-order valence-corrected chi connectivity index (χ3v) is 1.99. The maximum atomic E-state index is 5.16. The van der Waals surface area contributed by atoms with Crippen molar-refractivity contribution in [3.63, 3.8) is 0 Å². The SMILES string of the molecule is COc1ncccc1CCNC(C)C. The molecule has 0 amide bonds. The van der Waals surface area contributed by atoms with Gasteiger partial charge in [0.15, 0.2) is 0 Å². The van der Waals surface area contributed by atoms with Gasteiger partial charge in [0.25, 0.3) is 0 Å². The van der Waals surface area contributed by atoms with E-state index in [-0.39, 0.29) is 0 Å². The first-order valence-corrected chi connectivity index (χ1v) is 4.95. The second kappa shape index (κ2) is 5.60. The predicted molar refractivity (Wildman–Crippen MR) is 57.6 cm³/mol. The molecule has 0 aliphatic carbocycles. The average Bonchev–Trinajstić information content (AvgIpc) is 2.18. The molecule has 0 saturated carbocycles. The lowest BCUT2D eigenvalue weighted by Crippen LogP contribution is -2.25. The molecule has 3 nitrogen and oxygen atoms in total. The molecule has 1 N–H and O–H groups in total. The molecule has 1 aromatic rings. The van der Waals surface area contributed by atoms with Gasteiger partial charge >= 0.3 is 0 Å². The van der Waals surface area contributed by atoms with Gasteiger partial charge in [-0.05, 0) is 19.0 Å². The minimum absolute atomic E-state index is 0.526. The fraction of sp³-hybridized carbons (Fsp3) is 0.545. The van der Waals surface area contributed by atoms with Gasteiger partial charge in [-0.3, -0.25) is 0 Å². The lowest BCUT2D eigenvalue weighted by Gasteiger charge is -2.09. The molecule has 0 aromatic carbocycles. The summed E-state index contributed by atoms with van der Waals surface area (Å²) >= 11 is 0. The Morgan fingerprint density at radius 2 is 2.29 bits per heavy atom. The Hall–Kier alpha value is -1.09. The molecule has 3 heteroatoms. The summed E-state index contributed by atoms with van der Waals surface area (Å²) < 4.78 is 5.16. The van der Waals surface area contributed by atoms with Gasteiger partial charge in [0, 0.05) is 17.8 Å². The zero-order valence-electron chi connectivity index (χ0n) is 9.08. The van der Waals surface area contributed by atoms with Gasteiger partial charge < -0.3 is 10.1 Å². The smallest absolute Gasteiger partial charge is 0.216 e. The molecule has 0 atom stereocenters. The second-order valence-corrected chi connectivity index (χ2v) is 3.53. The first-order valence-electron chi connectivity index (χ1n) is 4.95. The normalized spacial score (nSPS) is 10.6. The molecular formula is C11H18N2O. The molecule has 0 aliphatic rings. The highest BCUT2D eigenvalue weighted by molar-refractivity contribution is 5.25. The maximum absolute atomic E-state index is 5.16. The van der Waals surface area contributed by atoms with E-state index in [4.69, 9.17) is 4.74 Å². The van der Waals surface area contributed by atoms with Crippen LogP contribution in [0.1, 0.15) is 19.4 Å². The number of nitrogens with zero attached hydrogens (tertiary/aromatic N) is 1. The summed E-state index contributed by atoms with van der Waals surface area (Å²) in [6.07, 6.45) is 2.70. The molecule has 0 bridgehead atoms. The van der Waals surface area contributed by atoms with Crippen LogP contribution in [0.25, 0.3) is 0 Å². The molecule has 14 heavy (non-hydrogen) atoms. The molecule has 0 spiro atoms. The molecule has 1 rings (SSSR count). The highest BCUT2D eigenvalue weighted by Gasteiger charge is 2.02. The van der Waals surface area contributed by atoms with Gasteiger partial charge in [0.2, 0.25) is 5.88 Å². The third-order valence-electron chi connectivity index (χ3n) is 1.99. The van der Waals surface area contributed by atoms with E-state index in [1.807, 2.05) is 12.1 Å². The summed E-state index contributed by atoms with van der Waals surface area (Å²) in [5.74, 6) is 0.734. The van der Waals surface area contributed by atoms with Crippen LogP contribution in [-0.4, -0.2) is 24.7 Å². The van der Waals surface area contributed by atoms with Crippen molar-refractivity contribution in [1.29, 1.82) is 0 Å². The van der Waals surface area contributed by atoms with Crippen LogP contribution in [-0.2, 0) is 6.42 Å². The average molecular weight is 194 g/mol. The van der Waals surface area contributed by atoms with Crippen molar-refractivity contribution in [1.82, 2.24) is 10.3 Å². The van der Waals surface area contributed by atoms with Gasteiger partial charge in [0.1, 0.15) is 0 Å². The zero-order chi connectivity index (χ0) is 10.4. The molecule has 0 radical (unpaired) electrons. The van der Waals surface area contributed by atoms with Gasteiger partial charge in [-0.25, -0.2) is 4.98 Å². The molecule has 0 aliphatic heterocycles. The van der Waals surface area contributed by atoms with E-state index < -0.39 is 0 Å². The van der Waals surface area contributed by atoms with Crippen LogP contribution in [0, 0.1) is 0 Å². The third kappa shape index (κ3) is 3.34. The van der Waals surface area contributed by atoms with Crippen LogP contribution in [0.2, 0.25) is 0 Å². The van der Waals surface area contributed by atoms with Crippen LogP contribution in [0.5, 0.6) is 5.88 Å². The van der Waals surface area contributed by atoms with E-state index in [0.29, 0.717) is 6.04 Å². The lowest BCUT2D eigenvalue weighted by molar-refractivity contribution is 0.391. The Labute approximate surface area is 85.5 Å². The molecule has 0 fully saturated rings.